The Kier molecular flexibility index (Phi) is 7.82. The second kappa shape index (κ2) is 11.4. The number of esters is 1. The van der Waals surface area contributed by atoms with Crippen molar-refractivity contribution in [1.82, 2.24) is 4.57 Å². The Morgan fingerprint density at radius 2 is 1.74 bits per heavy atom. The Morgan fingerprint density at radius 3 is 2.49 bits per heavy atom. The van der Waals surface area contributed by atoms with E-state index in [0.29, 0.717) is 38.0 Å². The monoisotopic (exact) mass is 558 g/mol. The molecule has 0 N–H and O–H groups in total. The number of nitrogens with zero attached hydrogens (tertiary/aromatic N) is 2. The third kappa shape index (κ3) is 5.60. The SMILES string of the molecule is CC1=C(C(=O)OC(C)C)C(c2ccccc2)n2c(sc(=Cc3ccccc3OCc3ccccc3Cl)c2=O)=N1. The first-order valence-corrected chi connectivity index (χ1v) is 13.8. The van der Waals surface area contributed by atoms with E-state index in [2.05, 4.69) is 4.99 Å². The summed E-state index contributed by atoms with van der Waals surface area (Å²) in [7, 11) is 0. The first-order chi connectivity index (χ1) is 18.8. The van der Waals surface area contributed by atoms with Gasteiger partial charge in [0.05, 0.1) is 27.9 Å². The second-order valence-corrected chi connectivity index (χ2v) is 10.8. The van der Waals surface area contributed by atoms with Crippen molar-refractivity contribution in [1.29, 1.82) is 0 Å². The van der Waals surface area contributed by atoms with Gasteiger partial charge in [0.1, 0.15) is 12.4 Å². The van der Waals surface area contributed by atoms with Crippen molar-refractivity contribution in [3.63, 3.8) is 0 Å². The molecule has 2 heterocycles. The summed E-state index contributed by atoms with van der Waals surface area (Å²) in [6.45, 7) is 5.67. The smallest absolute Gasteiger partial charge is 0.338 e. The summed E-state index contributed by atoms with van der Waals surface area (Å²) in [6, 6.07) is 23.9. The number of halogens is 1. The highest BCUT2D eigenvalue weighted by Gasteiger charge is 2.33. The highest BCUT2D eigenvalue weighted by Crippen LogP contribution is 2.31. The molecule has 0 radical (unpaired) electrons. The molecule has 8 heteroatoms. The summed E-state index contributed by atoms with van der Waals surface area (Å²) in [4.78, 5) is 32.3. The summed E-state index contributed by atoms with van der Waals surface area (Å²) >= 11 is 7.58. The van der Waals surface area contributed by atoms with Crippen LogP contribution in [0.25, 0.3) is 6.08 Å². The highest BCUT2D eigenvalue weighted by molar-refractivity contribution is 7.07. The number of aromatic nitrogens is 1. The van der Waals surface area contributed by atoms with Gasteiger partial charge in [-0.3, -0.25) is 9.36 Å². The molecule has 0 fully saturated rings. The van der Waals surface area contributed by atoms with Crippen molar-refractivity contribution in [2.45, 2.75) is 39.5 Å². The van der Waals surface area contributed by atoms with Gasteiger partial charge in [-0.05, 0) is 44.5 Å². The summed E-state index contributed by atoms with van der Waals surface area (Å²) in [5, 5.41) is 0.631. The lowest BCUT2D eigenvalue weighted by Gasteiger charge is -2.25. The molecule has 1 aromatic heterocycles. The van der Waals surface area contributed by atoms with E-state index in [9.17, 15) is 9.59 Å². The highest BCUT2D eigenvalue weighted by atomic mass is 35.5. The number of carbonyl (C=O) groups excluding carboxylic acids is 1. The molecule has 4 aromatic rings. The van der Waals surface area contributed by atoms with Crippen LogP contribution < -0.4 is 19.6 Å². The number of para-hydroxylation sites is 1. The second-order valence-electron chi connectivity index (χ2n) is 9.36. The van der Waals surface area contributed by atoms with Crippen molar-refractivity contribution in [2.24, 2.45) is 4.99 Å². The van der Waals surface area contributed by atoms with Crippen molar-refractivity contribution in [2.75, 3.05) is 0 Å². The van der Waals surface area contributed by atoms with Gasteiger partial charge in [-0.25, -0.2) is 9.79 Å². The van der Waals surface area contributed by atoms with E-state index in [1.807, 2.05) is 78.9 Å². The lowest BCUT2D eigenvalue weighted by atomic mass is 9.96. The van der Waals surface area contributed by atoms with Gasteiger partial charge in [-0.2, -0.15) is 0 Å². The van der Waals surface area contributed by atoms with E-state index in [1.54, 1.807) is 31.4 Å². The van der Waals surface area contributed by atoms with Gasteiger partial charge in [-0.15, -0.1) is 0 Å². The Morgan fingerprint density at radius 1 is 1.05 bits per heavy atom. The number of thiazole rings is 1. The largest absolute Gasteiger partial charge is 0.488 e. The van der Waals surface area contributed by atoms with Crippen LogP contribution in [0.5, 0.6) is 5.75 Å². The van der Waals surface area contributed by atoms with Crippen LogP contribution >= 0.6 is 22.9 Å². The number of ether oxygens (including phenoxy) is 2. The molecule has 0 saturated heterocycles. The van der Waals surface area contributed by atoms with Crippen LogP contribution in [0, 0.1) is 0 Å². The Bertz CT molecular complexity index is 1740. The molecule has 1 unspecified atom stereocenters. The molecule has 0 amide bonds. The van der Waals surface area contributed by atoms with Crippen molar-refractivity contribution in [3.05, 3.63) is 132 Å². The maximum Gasteiger partial charge on any atom is 0.338 e. The fourth-order valence-electron chi connectivity index (χ4n) is 4.45. The van der Waals surface area contributed by atoms with Gasteiger partial charge in [-0.1, -0.05) is 89.7 Å². The molecule has 198 valence electrons. The van der Waals surface area contributed by atoms with Crippen LogP contribution in [0.2, 0.25) is 5.02 Å². The zero-order valence-corrected chi connectivity index (χ0v) is 23.3. The van der Waals surface area contributed by atoms with E-state index in [-0.39, 0.29) is 11.7 Å². The zero-order valence-electron chi connectivity index (χ0n) is 21.8. The minimum absolute atomic E-state index is 0.240. The van der Waals surface area contributed by atoms with Gasteiger partial charge >= 0.3 is 5.97 Å². The normalized spacial score (nSPS) is 15.2. The average molecular weight is 559 g/mol. The maximum absolute atomic E-state index is 13.9. The van der Waals surface area contributed by atoms with E-state index in [0.717, 1.165) is 16.7 Å². The van der Waals surface area contributed by atoms with E-state index >= 15 is 0 Å². The van der Waals surface area contributed by atoms with Crippen LogP contribution in [0.3, 0.4) is 0 Å². The number of benzene rings is 3. The maximum atomic E-state index is 13.9. The molecule has 0 saturated carbocycles. The molecule has 3 aromatic carbocycles. The number of hydrogen-bond acceptors (Lipinski definition) is 6. The number of fused-ring (bicyclic) bond motifs is 1. The van der Waals surface area contributed by atoms with Crippen LogP contribution in [-0.4, -0.2) is 16.6 Å². The topological polar surface area (TPSA) is 69.9 Å². The summed E-state index contributed by atoms with van der Waals surface area (Å²) in [5.74, 6) is 0.146. The number of rotatable bonds is 7. The average Bonchev–Trinajstić information content (AvgIpc) is 3.22. The number of allylic oxidation sites excluding steroid dienone is 1. The Hall–Kier alpha value is -3.94. The lowest BCUT2D eigenvalue weighted by Crippen LogP contribution is -2.40. The third-order valence-corrected chi connectivity index (χ3v) is 7.60. The van der Waals surface area contributed by atoms with Crippen LogP contribution in [0.4, 0.5) is 0 Å². The van der Waals surface area contributed by atoms with Crippen LogP contribution in [-0.2, 0) is 16.1 Å². The molecular formula is C31H27ClN2O4S. The Labute approximate surface area is 235 Å². The summed E-state index contributed by atoms with van der Waals surface area (Å²) in [5.41, 5.74) is 3.08. The molecule has 0 spiro atoms. The van der Waals surface area contributed by atoms with Crippen molar-refractivity contribution < 1.29 is 14.3 Å². The molecular weight excluding hydrogens is 532 g/mol. The van der Waals surface area contributed by atoms with Gasteiger partial charge in [0.15, 0.2) is 4.80 Å². The minimum Gasteiger partial charge on any atom is -0.488 e. The predicted octanol–water partition coefficient (Wildman–Crippen LogP) is 5.42. The first kappa shape index (κ1) is 26.7. The molecule has 39 heavy (non-hydrogen) atoms. The van der Waals surface area contributed by atoms with Crippen molar-refractivity contribution >= 4 is 35.0 Å². The summed E-state index contributed by atoms with van der Waals surface area (Å²) in [6.07, 6.45) is 1.50. The quantitative estimate of drug-likeness (QED) is 0.284. The fourth-order valence-corrected chi connectivity index (χ4v) is 5.68. The minimum atomic E-state index is -0.650. The predicted molar refractivity (Wildman–Crippen MR) is 154 cm³/mol. The Balaban J connectivity index is 1.59. The number of hydrogen-bond donors (Lipinski definition) is 0. The van der Waals surface area contributed by atoms with E-state index in [4.69, 9.17) is 21.1 Å². The van der Waals surface area contributed by atoms with Crippen LogP contribution in [0.15, 0.2) is 99.9 Å². The fraction of sp³-hybridized carbons (Fsp3) is 0.194. The molecule has 6 nitrogen and oxygen atoms in total. The van der Waals surface area contributed by atoms with Gasteiger partial charge in [0.25, 0.3) is 5.56 Å². The molecule has 0 bridgehead atoms. The molecule has 1 aliphatic heterocycles. The molecule has 1 atom stereocenters. The van der Waals surface area contributed by atoms with Gasteiger partial charge < -0.3 is 9.47 Å². The third-order valence-electron chi connectivity index (χ3n) is 6.25. The van der Waals surface area contributed by atoms with Gasteiger partial charge in [0.2, 0.25) is 0 Å². The summed E-state index contributed by atoms with van der Waals surface area (Å²) < 4.78 is 13.7. The van der Waals surface area contributed by atoms with Crippen molar-refractivity contribution in [3.8, 4) is 5.75 Å². The molecule has 5 rings (SSSR count). The first-order valence-electron chi connectivity index (χ1n) is 12.6. The van der Waals surface area contributed by atoms with Gasteiger partial charge in [0, 0.05) is 16.1 Å². The number of carbonyl (C=O) groups is 1. The molecule has 0 aliphatic carbocycles. The molecule has 1 aliphatic rings. The zero-order chi connectivity index (χ0) is 27.5. The lowest BCUT2D eigenvalue weighted by molar-refractivity contribution is -0.143. The standard InChI is InChI=1S/C31H27ClN2O4S/c1-19(2)38-30(36)27-20(3)33-31-34(28(27)21-11-5-4-6-12-21)29(35)26(39-31)17-22-13-8-10-16-25(22)37-18-23-14-7-9-15-24(23)32/h4-17,19,28H,18H2,1-3H3. The van der Waals surface area contributed by atoms with Crippen LogP contribution in [0.1, 0.15) is 43.5 Å². The van der Waals surface area contributed by atoms with E-state index < -0.39 is 12.0 Å². The van der Waals surface area contributed by atoms with E-state index in [1.165, 1.54) is 11.3 Å².